The molecule has 0 saturated heterocycles. The van der Waals surface area contributed by atoms with Crippen molar-refractivity contribution in [2.45, 2.75) is 19.0 Å². The Balaban J connectivity index is 1.82. The van der Waals surface area contributed by atoms with Crippen LogP contribution in [0.4, 0.5) is 0 Å². The minimum atomic E-state index is 0.256. The zero-order chi connectivity index (χ0) is 11.4. The van der Waals surface area contributed by atoms with Crippen molar-refractivity contribution in [2.24, 2.45) is 5.92 Å². The summed E-state index contributed by atoms with van der Waals surface area (Å²) in [5.74, 6) is 0.333. The van der Waals surface area contributed by atoms with Gasteiger partial charge in [0, 0.05) is 29.6 Å². The lowest BCUT2D eigenvalue weighted by Crippen LogP contribution is -2.26. The summed E-state index contributed by atoms with van der Waals surface area (Å²) in [7, 11) is 0. The fourth-order valence-corrected chi connectivity index (χ4v) is 2.40. The molecule has 0 fully saturated rings. The van der Waals surface area contributed by atoms with Crippen molar-refractivity contribution in [3.05, 3.63) is 46.5 Å². The number of aliphatic hydroxyl groups is 1. The largest absolute Gasteiger partial charge is 0.396 e. The van der Waals surface area contributed by atoms with E-state index in [1.54, 1.807) is 0 Å². The van der Waals surface area contributed by atoms with Crippen LogP contribution in [-0.2, 0) is 6.54 Å². The highest BCUT2D eigenvalue weighted by Gasteiger charge is 2.17. The lowest BCUT2D eigenvalue weighted by Gasteiger charge is -2.12. The number of hydrogen-bond acceptors (Lipinski definition) is 2. The van der Waals surface area contributed by atoms with Crippen LogP contribution in [0.2, 0.25) is 0 Å². The third-order valence-electron chi connectivity index (χ3n) is 2.86. The van der Waals surface area contributed by atoms with Crippen LogP contribution < -0.4 is 5.32 Å². The van der Waals surface area contributed by atoms with Crippen LogP contribution in [-0.4, -0.2) is 17.8 Å². The molecule has 0 radical (unpaired) electrons. The lowest BCUT2D eigenvalue weighted by molar-refractivity contribution is 0.246. The summed E-state index contributed by atoms with van der Waals surface area (Å²) in [4.78, 5) is 0. The highest BCUT2D eigenvalue weighted by atomic mass is 79.9. The van der Waals surface area contributed by atoms with Crippen LogP contribution in [0.5, 0.6) is 0 Å². The number of aliphatic hydroxyl groups excluding tert-OH is 1. The first-order chi connectivity index (χ1) is 7.78. The third kappa shape index (κ3) is 3.17. The van der Waals surface area contributed by atoms with Crippen molar-refractivity contribution < 1.29 is 5.11 Å². The van der Waals surface area contributed by atoms with E-state index in [9.17, 15) is 0 Å². The maximum absolute atomic E-state index is 9.02. The van der Waals surface area contributed by atoms with Crippen LogP contribution >= 0.6 is 15.9 Å². The molecule has 1 aliphatic carbocycles. The van der Waals surface area contributed by atoms with Crippen molar-refractivity contribution >= 4 is 15.9 Å². The predicted molar refractivity (Wildman–Crippen MR) is 69.1 cm³/mol. The average Bonchev–Trinajstić information content (AvgIpc) is 2.74. The summed E-state index contributed by atoms with van der Waals surface area (Å²) >= 11 is 3.46. The topological polar surface area (TPSA) is 32.3 Å². The molecule has 1 aliphatic rings. The smallest absolute Gasteiger partial charge is 0.0494 e. The summed E-state index contributed by atoms with van der Waals surface area (Å²) in [6, 6.07) is 8.70. The number of benzene rings is 1. The normalized spacial score (nSPS) is 23.9. The Morgan fingerprint density at radius 1 is 1.38 bits per heavy atom. The van der Waals surface area contributed by atoms with Gasteiger partial charge in [-0.3, -0.25) is 0 Å². The molecule has 86 valence electrons. The molecule has 0 aliphatic heterocycles. The SMILES string of the molecule is OC[C@H]1C=C[C@@H](NCc2cccc(Br)c2)C1. The number of halogens is 1. The molecule has 1 aromatic carbocycles. The maximum atomic E-state index is 9.02. The van der Waals surface area contributed by atoms with Gasteiger partial charge in [0.05, 0.1) is 0 Å². The Kier molecular flexibility index (Phi) is 4.16. The molecular formula is C13H16BrNO. The van der Waals surface area contributed by atoms with E-state index in [-0.39, 0.29) is 6.61 Å². The molecule has 1 aromatic rings. The minimum Gasteiger partial charge on any atom is -0.396 e. The zero-order valence-electron chi connectivity index (χ0n) is 9.07. The molecule has 0 bridgehead atoms. The van der Waals surface area contributed by atoms with Crippen molar-refractivity contribution in [3.63, 3.8) is 0 Å². The van der Waals surface area contributed by atoms with Crippen LogP contribution in [0, 0.1) is 5.92 Å². The first-order valence-electron chi connectivity index (χ1n) is 5.55. The Hall–Kier alpha value is -0.640. The third-order valence-corrected chi connectivity index (χ3v) is 3.36. The van der Waals surface area contributed by atoms with Gasteiger partial charge in [-0.2, -0.15) is 0 Å². The van der Waals surface area contributed by atoms with E-state index in [0.717, 1.165) is 17.4 Å². The van der Waals surface area contributed by atoms with E-state index in [1.165, 1.54) is 5.56 Å². The standard InChI is InChI=1S/C13H16BrNO/c14-12-3-1-2-10(6-12)8-15-13-5-4-11(7-13)9-16/h1-6,11,13,15-16H,7-9H2/t11-,13+/m0/s1. The summed E-state index contributed by atoms with van der Waals surface area (Å²) in [6.07, 6.45) is 5.25. The Labute approximate surface area is 105 Å². The molecule has 0 aromatic heterocycles. The summed E-state index contributed by atoms with van der Waals surface area (Å²) in [6.45, 7) is 1.12. The van der Waals surface area contributed by atoms with Gasteiger partial charge in [0.1, 0.15) is 0 Å². The summed E-state index contributed by atoms with van der Waals surface area (Å²) in [5, 5.41) is 12.5. The fourth-order valence-electron chi connectivity index (χ4n) is 1.96. The van der Waals surface area contributed by atoms with Crippen molar-refractivity contribution in [1.29, 1.82) is 0 Å². The summed E-state index contributed by atoms with van der Waals surface area (Å²) < 4.78 is 1.11. The molecule has 0 saturated carbocycles. The van der Waals surface area contributed by atoms with Gasteiger partial charge in [-0.25, -0.2) is 0 Å². The molecule has 2 nitrogen and oxygen atoms in total. The van der Waals surface area contributed by atoms with Crippen LogP contribution in [0.3, 0.4) is 0 Å². The van der Waals surface area contributed by atoms with Gasteiger partial charge >= 0.3 is 0 Å². The summed E-state index contributed by atoms with van der Waals surface area (Å²) in [5.41, 5.74) is 1.27. The maximum Gasteiger partial charge on any atom is 0.0494 e. The Morgan fingerprint density at radius 3 is 2.94 bits per heavy atom. The number of rotatable bonds is 4. The van der Waals surface area contributed by atoms with E-state index < -0.39 is 0 Å². The van der Waals surface area contributed by atoms with E-state index in [1.807, 2.05) is 12.1 Å². The average molecular weight is 282 g/mol. The molecule has 2 atom stereocenters. The Morgan fingerprint density at radius 2 is 2.25 bits per heavy atom. The first-order valence-corrected chi connectivity index (χ1v) is 6.34. The quantitative estimate of drug-likeness (QED) is 0.832. The zero-order valence-corrected chi connectivity index (χ0v) is 10.7. The Bertz CT molecular complexity index is 378. The molecule has 0 unspecified atom stereocenters. The molecule has 0 heterocycles. The molecule has 0 amide bonds. The second kappa shape index (κ2) is 5.62. The van der Waals surface area contributed by atoms with Gasteiger partial charge in [0.2, 0.25) is 0 Å². The number of hydrogen-bond donors (Lipinski definition) is 2. The van der Waals surface area contributed by atoms with Gasteiger partial charge < -0.3 is 10.4 Å². The molecule has 3 heteroatoms. The highest BCUT2D eigenvalue weighted by Crippen LogP contribution is 2.18. The second-order valence-corrected chi connectivity index (χ2v) is 5.10. The molecule has 2 rings (SSSR count). The van der Waals surface area contributed by atoms with Crippen LogP contribution in [0.1, 0.15) is 12.0 Å². The van der Waals surface area contributed by atoms with Gasteiger partial charge in [-0.1, -0.05) is 40.2 Å². The first kappa shape index (κ1) is 11.8. The van der Waals surface area contributed by atoms with Gasteiger partial charge in [-0.05, 0) is 24.1 Å². The van der Waals surface area contributed by atoms with E-state index in [2.05, 4.69) is 45.5 Å². The van der Waals surface area contributed by atoms with E-state index in [0.29, 0.717) is 12.0 Å². The van der Waals surface area contributed by atoms with Crippen molar-refractivity contribution in [1.82, 2.24) is 5.32 Å². The van der Waals surface area contributed by atoms with E-state index >= 15 is 0 Å². The predicted octanol–water partition coefficient (Wildman–Crippen LogP) is 2.48. The lowest BCUT2D eigenvalue weighted by atomic mass is 10.1. The van der Waals surface area contributed by atoms with Gasteiger partial charge in [-0.15, -0.1) is 0 Å². The van der Waals surface area contributed by atoms with E-state index in [4.69, 9.17) is 5.11 Å². The molecule has 16 heavy (non-hydrogen) atoms. The monoisotopic (exact) mass is 281 g/mol. The fraction of sp³-hybridized carbons (Fsp3) is 0.385. The minimum absolute atomic E-state index is 0.256. The van der Waals surface area contributed by atoms with Crippen molar-refractivity contribution in [3.8, 4) is 0 Å². The van der Waals surface area contributed by atoms with Crippen LogP contribution in [0.15, 0.2) is 40.9 Å². The molecule has 0 spiro atoms. The number of nitrogens with one attached hydrogen (secondary N) is 1. The highest BCUT2D eigenvalue weighted by molar-refractivity contribution is 9.10. The van der Waals surface area contributed by atoms with Gasteiger partial charge in [0.25, 0.3) is 0 Å². The van der Waals surface area contributed by atoms with Crippen LogP contribution in [0.25, 0.3) is 0 Å². The van der Waals surface area contributed by atoms with Crippen molar-refractivity contribution in [2.75, 3.05) is 6.61 Å². The molecule has 2 N–H and O–H groups in total. The second-order valence-electron chi connectivity index (χ2n) is 4.18. The van der Waals surface area contributed by atoms with Gasteiger partial charge in [0.15, 0.2) is 0 Å². The molecular weight excluding hydrogens is 266 g/mol.